The van der Waals surface area contributed by atoms with E-state index in [0.29, 0.717) is 17.9 Å². The van der Waals surface area contributed by atoms with Crippen molar-refractivity contribution in [2.75, 3.05) is 20.1 Å². The Labute approximate surface area is 143 Å². The smallest absolute Gasteiger partial charge is 0.285 e. The van der Waals surface area contributed by atoms with E-state index in [9.17, 15) is 13.2 Å². The SMILES string of the molecule is CCCCC(CN)NC(=O)CN(C)C1=NS(=O)(=O)c2ccccc21. The van der Waals surface area contributed by atoms with Crippen LogP contribution in [0.1, 0.15) is 31.7 Å². The summed E-state index contributed by atoms with van der Waals surface area (Å²) in [7, 11) is -2.03. The first-order valence-corrected chi connectivity index (χ1v) is 9.48. The van der Waals surface area contributed by atoms with Gasteiger partial charge in [0.15, 0.2) is 5.84 Å². The summed E-state index contributed by atoms with van der Waals surface area (Å²) < 4.78 is 27.9. The third-order valence-corrected chi connectivity index (χ3v) is 5.24. The summed E-state index contributed by atoms with van der Waals surface area (Å²) in [5.74, 6) is 0.0899. The first-order chi connectivity index (χ1) is 11.4. The normalized spacial score (nSPS) is 16.2. The largest absolute Gasteiger partial charge is 0.351 e. The van der Waals surface area contributed by atoms with Crippen molar-refractivity contribution in [2.24, 2.45) is 10.1 Å². The van der Waals surface area contributed by atoms with Crippen molar-refractivity contribution in [1.82, 2.24) is 10.2 Å². The Morgan fingerprint density at radius 2 is 2.08 bits per heavy atom. The maximum absolute atomic E-state index is 12.2. The van der Waals surface area contributed by atoms with Crippen molar-refractivity contribution in [3.8, 4) is 0 Å². The lowest BCUT2D eigenvalue weighted by Gasteiger charge is -2.21. The number of likely N-dealkylation sites (N-methyl/N-ethyl adjacent to an activating group) is 1. The molecule has 1 unspecified atom stereocenters. The molecule has 0 radical (unpaired) electrons. The number of amides is 1. The predicted molar refractivity (Wildman–Crippen MR) is 93.3 cm³/mol. The molecule has 24 heavy (non-hydrogen) atoms. The van der Waals surface area contributed by atoms with Crippen LogP contribution in [0.25, 0.3) is 0 Å². The molecule has 1 aromatic rings. The average Bonchev–Trinajstić information content (AvgIpc) is 2.83. The van der Waals surface area contributed by atoms with Crippen molar-refractivity contribution < 1.29 is 13.2 Å². The zero-order valence-corrected chi connectivity index (χ0v) is 14.8. The molecule has 1 aliphatic rings. The zero-order valence-electron chi connectivity index (χ0n) is 14.0. The molecule has 8 heteroatoms. The first-order valence-electron chi connectivity index (χ1n) is 8.04. The molecule has 0 aliphatic carbocycles. The predicted octanol–water partition coefficient (Wildman–Crippen LogP) is 0.701. The Bertz CT molecular complexity index is 731. The molecule has 132 valence electrons. The summed E-state index contributed by atoms with van der Waals surface area (Å²) in [6.45, 7) is 2.48. The Balaban J connectivity index is 2.05. The molecule has 0 spiro atoms. The van der Waals surface area contributed by atoms with E-state index in [2.05, 4.69) is 16.6 Å². The quantitative estimate of drug-likeness (QED) is 0.752. The summed E-state index contributed by atoms with van der Waals surface area (Å²) in [5.41, 5.74) is 6.20. The maximum Gasteiger partial charge on any atom is 0.285 e. The van der Waals surface area contributed by atoms with Gasteiger partial charge in [-0.15, -0.1) is 4.40 Å². The van der Waals surface area contributed by atoms with Crippen LogP contribution in [-0.2, 0) is 14.8 Å². The van der Waals surface area contributed by atoms with Crippen LogP contribution in [0.5, 0.6) is 0 Å². The number of nitrogens with zero attached hydrogens (tertiary/aromatic N) is 2. The summed E-state index contributed by atoms with van der Waals surface area (Å²) in [4.78, 5) is 13.9. The third-order valence-electron chi connectivity index (χ3n) is 3.91. The number of fused-ring (bicyclic) bond motifs is 1. The summed E-state index contributed by atoms with van der Waals surface area (Å²) in [6.07, 6.45) is 2.87. The number of nitrogens with one attached hydrogen (secondary N) is 1. The van der Waals surface area contributed by atoms with Gasteiger partial charge >= 0.3 is 0 Å². The van der Waals surface area contributed by atoms with E-state index < -0.39 is 10.0 Å². The number of hydrogen-bond acceptors (Lipinski definition) is 5. The van der Waals surface area contributed by atoms with Crippen molar-refractivity contribution >= 4 is 21.8 Å². The molecular formula is C16H24N4O3S. The van der Waals surface area contributed by atoms with Crippen LogP contribution in [0.15, 0.2) is 33.6 Å². The van der Waals surface area contributed by atoms with Gasteiger partial charge in [0.25, 0.3) is 10.0 Å². The number of carbonyl (C=O) groups is 1. The number of rotatable bonds is 7. The first kappa shape index (κ1) is 18.4. The van der Waals surface area contributed by atoms with Crippen molar-refractivity contribution in [3.05, 3.63) is 29.8 Å². The number of unbranched alkanes of at least 4 members (excludes halogenated alkanes) is 1. The third kappa shape index (κ3) is 4.12. The maximum atomic E-state index is 12.2. The number of sulfonamides is 1. The molecule has 1 amide bonds. The van der Waals surface area contributed by atoms with E-state index in [1.165, 1.54) is 6.07 Å². The molecule has 7 nitrogen and oxygen atoms in total. The standard InChI is InChI=1S/C16H24N4O3S/c1-3-4-7-12(10-17)18-15(21)11-20(2)16-13-8-5-6-9-14(13)24(22,23)19-16/h5-6,8-9,12H,3-4,7,10-11,17H2,1-2H3,(H,18,21). The van der Waals surface area contributed by atoms with Crippen molar-refractivity contribution in [2.45, 2.75) is 37.1 Å². The average molecular weight is 352 g/mol. The van der Waals surface area contributed by atoms with Crippen LogP contribution >= 0.6 is 0 Å². The Hall–Kier alpha value is -1.93. The number of hydrogen-bond donors (Lipinski definition) is 2. The Morgan fingerprint density at radius 3 is 2.75 bits per heavy atom. The van der Waals surface area contributed by atoms with Gasteiger partial charge in [-0.2, -0.15) is 8.42 Å². The number of benzene rings is 1. The number of carbonyl (C=O) groups excluding carboxylic acids is 1. The van der Waals surface area contributed by atoms with Crippen LogP contribution in [-0.4, -0.2) is 51.2 Å². The molecule has 0 saturated carbocycles. The van der Waals surface area contributed by atoms with Gasteiger partial charge in [-0.05, 0) is 18.6 Å². The molecular weight excluding hydrogens is 328 g/mol. The van der Waals surface area contributed by atoms with Gasteiger partial charge < -0.3 is 16.0 Å². The summed E-state index contributed by atoms with van der Waals surface area (Å²) >= 11 is 0. The van der Waals surface area contributed by atoms with E-state index in [0.717, 1.165) is 19.3 Å². The molecule has 2 rings (SSSR count). The van der Waals surface area contributed by atoms with Crippen LogP contribution in [0, 0.1) is 0 Å². The highest BCUT2D eigenvalue weighted by molar-refractivity contribution is 7.90. The van der Waals surface area contributed by atoms with E-state index in [-0.39, 0.29) is 23.4 Å². The molecule has 1 heterocycles. The van der Waals surface area contributed by atoms with Gasteiger partial charge in [-0.3, -0.25) is 4.79 Å². The molecule has 0 saturated heterocycles. The lowest BCUT2D eigenvalue weighted by molar-refractivity contribution is -0.121. The molecule has 0 fully saturated rings. The summed E-state index contributed by atoms with van der Waals surface area (Å²) in [6, 6.07) is 6.55. The number of nitrogens with two attached hydrogens (primary N) is 1. The van der Waals surface area contributed by atoms with Gasteiger partial charge in [-0.25, -0.2) is 0 Å². The molecule has 1 aliphatic heterocycles. The lowest BCUT2D eigenvalue weighted by Crippen LogP contribution is -2.45. The molecule has 1 aromatic carbocycles. The summed E-state index contributed by atoms with van der Waals surface area (Å²) in [5, 5.41) is 2.89. The zero-order chi connectivity index (χ0) is 17.7. The highest BCUT2D eigenvalue weighted by Gasteiger charge is 2.31. The highest BCUT2D eigenvalue weighted by Crippen LogP contribution is 2.26. The minimum absolute atomic E-state index is 0.0192. The minimum Gasteiger partial charge on any atom is -0.351 e. The molecule has 0 bridgehead atoms. The van der Waals surface area contributed by atoms with Crippen molar-refractivity contribution in [1.29, 1.82) is 0 Å². The van der Waals surface area contributed by atoms with Crippen molar-refractivity contribution in [3.63, 3.8) is 0 Å². The fourth-order valence-corrected chi connectivity index (χ4v) is 3.88. The second-order valence-electron chi connectivity index (χ2n) is 5.88. The van der Waals surface area contributed by atoms with Crippen LogP contribution in [0.2, 0.25) is 0 Å². The fraction of sp³-hybridized carbons (Fsp3) is 0.500. The highest BCUT2D eigenvalue weighted by atomic mass is 32.2. The lowest BCUT2D eigenvalue weighted by atomic mass is 10.1. The van der Waals surface area contributed by atoms with Gasteiger partial charge in [-0.1, -0.05) is 31.9 Å². The van der Waals surface area contributed by atoms with Gasteiger partial charge in [0.1, 0.15) is 4.90 Å². The number of amidine groups is 1. The van der Waals surface area contributed by atoms with Gasteiger partial charge in [0, 0.05) is 25.2 Å². The minimum atomic E-state index is -3.68. The van der Waals surface area contributed by atoms with Gasteiger partial charge in [0.2, 0.25) is 5.91 Å². The van der Waals surface area contributed by atoms with Crippen LogP contribution in [0.3, 0.4) is 0 Å². The fourth-order valence-electron chi connectivity index (χ4n) is 2.63. The van der Waals surface area contributed by atoms with E-state index in [1.54, 1.807) is 30.1 Å². The Kier molecular flexibility index (Phi) is 5.95. The van der Waals surface area contributed by atoms with Crippen LogP contribution < -0.4 is 11.1 Å². The van der Waals surface area contributed by atoms with E-state index in [4.69, 9.17) is 5.73 Å². The monoisotopic (exact) mass is 352 g/mol. The molecule has 3 N–H and O–H groups in total. The molecule has 1 atom stereocenters. The van der Waals surface area contributed by atoms with E-state index >= 15 is 0 Å². The topological polar surface area (TPSA) is 105 Å². The second kappa shape index (κ2) is 7.76. The van der Waals surface area contributed by atoms with E-state index in [1.807, 2.05) is 0 Å². The van der Waals surface area contributed by atoms with Crippen LogP contribution in [0.4, 0.5) is 0 Å². The Morgan fingerprint density at radius 1 is 1.38 bits per heavy atom. The molecule has 0 aromatic heterocycles. The van der Waals surface area contributed by atoms with Gasteiger partial charge in [0.05, 0.1) is 6.54 Å². The second-order valence-corrected chi connectivity index (χ2v) is 7.46.